The fourth-order valence-electron chi connectivity index (χ4n) is 3.30. The van der Waals surface area contributed by atoms with E-state index in [1.54, 1.807) is 44.6 Å². The van der Waals surface area contributed by atoms with E-state index in [0.29, 0.717) is 29.1 Å². The van der Waals surface area contributed by atoms with Crippen molar-refractivity contribution in [3.63, 3.8) is 0 Å². The highest BCUT2D eigenvalue weighted by atomic mass is 16.5. The summed E-state index contributed by atoms with van der Waals surface area (Å²) in [5, 5.41) is 18.0. The van der Waals surface area contributed by atoms with E-state index in [0.717, 1.165) is 29.9 Å². The highest BCUT2D eigenvalue weighted by Gasteiger charge is 2.27. The Kier molecular flexibility index (Phi) is 5.07. The van der Waals surface area contributed by atoms with Crippen LogP contribution in [0.2, 0.25) is 0 Å². The molecule has 162 valence electrons. The van der Waals surface area contributed by atoms with Gasteiger partial charge in [0.15, 0.2) is 11.4 Å². The van der Waals surface area contributed by atoms with Gasteiger partial charge in [-0.2, -0.15) is 5.10 Å². The summed E-state index contributed by atoms with van der Waals surface area (Å²) in [5.74, 6) is 1.91. The van der Waals surface area contributed by atoms with Crippen molar-refractivity contribution in [1.82, 2.24) is 24.7 Å². The molecule has 8 nitrogen and oxygen atoms in total. The van der Waals surface area contributed by atoms with Gasteiger partial charge in [-0.25, -0.2) is 4.98 Å². The Hall–Kier alpha value is -3.78. The number of anilines is 2. The molecule has 0 aliphatic heterocycles. The normalized spacial score (nSPS) is 13.7. The maximum Gasteiger partial charge on any atom is 0.174 e. The summed E-state index contributed by atoms with van der Waals surface area (Å²) in [5.41, 5.74) is 1.87. The molecule has 0 amide bonds. The third-order valence-corrected chi connectivity index (χ3v) is 5.15. The molecule has 1 aliphatic rings. The minimum absolute atomic E-state index is 0.434. The molecule has 4 aromatic rings. The Balaban J connectivity index is 1.37. The van der Waals surface area contributed by atoms with Gasteiger partial charge >= 0.3 is 0 Å². The number of pyridine rings is 3. The van der Waals surface area contributed by atoms with Crippen LogP contribution in [0.1, 0.15) is 38.4 Å². The molecule has 0 bridgehead atoms. The van der Waals surface area contributed by atoms with Crippen LogP contribution in [0, 0.1) is 0 Å². The van der Waals surface area contributed by atoms with E-state index in [2.05, 4.69) is 20.3 Å². The van der Waals surface area contributed by atoms with Gasteiger partial charge in [-0.05, 0) is 57.0 Å². The van der Waals surface area contributed by atoms with Crippen molar-refractivity contribution >= 4 is 11.5 Å². The zero-order valence-electron chi connectivity index (χ0n) is 17.9. The molecule has 0 spiro atoms. The van der Waals surface area contributed by atoms with E-state index in [9.17, 15) is 5.11 Å². The van der Waals surface area contributed by atoms with Gasteiger partial charge in [0.25, 0.3) is 0 Å². The molecule has 4 heterocycles. The molecule has 0 aromatic carbocycles. The highest BCUT2D eigenvalue weighted by molar-refractivity contribution is 5.63. The Morgan fingerprint density at radius 1 is 1.06 bits per heavy atom. The number of nitrogens with zero attached hydrogens (tertiary/aromatic N) is 5. The number of rotatable bonds is 7. The zero-order valence-corrected chi connectivity index (χ0v) is 17.9. The molecule has 4 aromatic heterocycles. The first-order valence-corrected chi connectivity index (χ1v) is 10.6. The molecular formula is C24H24N6O2. The third kappa shape index (κ3) is 4.45. The summed E-state index contributed by atoms with van der Waals surface area (Å²) in [7, 11) is 0. The minimum Gasteiger partial charge on any atom is -0.453 e. The topological polar surface area (TPSA) is 98.0 Å². The highest BCUT2D eigenvalue weighted by Crippen LogP contribution is 2.39. The first-order chi connectivity index (χ1) is 15.5. The van der Waals surface area contributed by atoms with Gasteiger partial charge in [-0.3, -0.25) is 14.6 Å². The van der Waals surface area contributed by atoms with Crippen LogP contribution >= 0.6 is 0 Å². The van der Waals surface area contributed by atoms with Gasteiger partial charge in [0.2, 0.25) is 0 Å². The van der Waals surface area contributed by atoms with Crippen LogP contribution in [0.5, 0.6) is 11.5 Å². The Morgan fingerprint density at radius 2 is 1.94 bits per heavy atom. The predicted octanol–water partition coefficient (Wildman–Crippen LogP) is 4.83. The number of nitrogens with one attached hydrogen (secondary N) is 1. The van der Waals surface area contributed by atoms with Gasteiger partial charge < -0.3 is 15.2 Å². The number of hydrogen-bond acceptors (Lipinski definition) is 7. The summed E-state index contributed by atoms with van der Waals surface area (Å²) < 4.78 is 8.18. The number of aromatic nitrogens is 5. The summed E-state index contributed by atoms with van der Waals surface area (Å²) >= 11 is 0. The van der Waals surface area contributed by atoms with Gasteiger partial charge in [-0.1, -0.05) is 6.07 Å². The number of aliphatic hydroxyl groups is 1. The van der Waals surface area contributed by atoms with Crippen molar-refractivity contribution in [2.24, 2.45) is 0 Å². The fraction of sp³-hybridized carbons (Fsp3) is 0.250. The van der Waals surface area contributed by atoms with E-state index in [1.165, 1.54) is 0 Å². The van der Waals surface area contributed by atoms with Crippen LogP contribution in [-0.2, 0) is 5.60 Å². The molecule has 1 fully saturated rings. The quantitative estimate of drug-likeness (QED) is 0.435. The predicted molar refractivity (Wildman–Crippen MR) is 121 cm³/mol. The second-order valence-corrected chi connectivity index (χ2v) is 8.36. The monoisotopic (exact) mass is 428 g/mol. The lowest BCUT2D eigenvalue weighted by molar-refractivity contribution is 0.0739. The van der Waals surface area contributed by atoms with Crippen LogP contribution in [0.3, 0.4) is 0 Å². The molecule has 1 saturated carbocycles. The largest absolute Gasteiger partial charge is 0.453 e. The fourth-order valence-corrected chi connectivity index (χ4v) is 3.30. The van der Waals surface area contributed by atoms with Crippen LogP contribution in [0.15, 0.2) is 67.3 Å². The number of ether oxygens (including phenoxy) is 1. The van der Waals surface area contributed by atoms with E-state index in [1.807, 2.05) is 41.2 Å². The standard InChI is InChI=1S/C24H24N6O2/c1-24(2,31)21-9-6-16(14-27-21)28-22-13-18(10-12-26-22)32-20-15-30(17-7-8-17)29-23(20)19-5-3-4-11-25-19/h3-6,9-15,17,31H,7-8H2,1-2H3,(H,26,28). The molecule has 0 saturated heterocycles. The van der Waals surface area contributed by atoms with Crippen molar-refractivity contribution in [1.29, 1.82) is 0 Å². The maximum atomic E-state index is 10.1. The van der Waals surface area contributed by atoms with Gasteiger partial charge in [-0.15, -0.1) is 0 Å². The molecule has 8 heteroatoms. The summed E-state index contributed by atoms with van der Waals surface area (Å²) in [6.07, 6.45) is 9.30. The third-order valence-electron chi connectivity index (χ3n) is 5.15. The Labute approximate surface area is 186 Å². The van der Waals surface area contributed by atoms with Crippen LogP contribution in [0.25, 0.3) is 11.4 Å². The molecule has 5 rings (SSSR count). The van der Waals surface area contributed by atoms with Crippen molar-refractivity contribution in [3.05, 3.63) is 72.9 Å². The van der Waals surface area contributed by atoms with Crippen LogP contribution in [-0.4, -0.2) is 29.8 Å². The zero-order chi connectivity index (χ0) is 22.1. The first-order valence-electron chi connectivity index (χ1n) is 10.6. The maximum absolute atomic E-state index is 10.1. The first kappa shape index (κ1) is 20.1. The van der Waals surface area contributed by atoms with Crippen LogP contribution < -0.4 is 10.1 Å². The molecule has 32 heavy (non-hydrogen) atoms. The van der Waals surface area contributed by atoms with Crippen LogP contribution in [0.4, 0.5) is 11.5 Å². The summed E-state index contributed by atoms with van der Waals surface area (Å²) in [6.45, 7) is 3.41. The average molecular weight is 428 g/mol. The van der Waals surface area contributed by atoms with Crippen molar-refractivity contribution < 1.29 is 9.84 Å². The number of hydrogen-bond donors (Lipinski definition) is 2. The van der Waals surface area contributed by atoms with Gasteiger partial charge in [0.05, 0.1) is 35.5 Å². The Morgan fingerprint density at radius 3 is 2.62 bits per heavy atom. The Bertz CT molecular complexity index is 1210. The van der Waals surface area contributed by atoms with E-state index in [4.69, 9.17) is 9.84 Å². The summed E-state index contributed by atoms with van der Waals surface area (Å²) in [4.78, 5) is 13.1. The molecule has 0 unspecified atom stereocenters. The molecule has 0 radical (unpaired) electrons. The average Bonchev–Trinajstić information content (AvgIpc) is 3.55. The van der Waals surface area contributed by atoms with E-state index in [-0.39, 0.29) is 0 Å². The lowest BCUT2D eigenvalue weighted by Gasteiger charge is -2.16. The second kappa shape index (κ2) is 8.05. The van der Waals surface area contributed by atoms with E-state index < -0.39 is 5.60 Å². The molecular weight excluding hydrogens is 404 g/mol. The summed E-state index contributed by atoms with van der Waals surface area (Å²) in [6, 6.07) is 13.4. The lowest BCUT2D eigenvalue weighted by Crippen LogP contribution is -2.17. The van der Waals surface area contributed by atoms with E-state index >= 15 is 0 Å². The molecule has 2 N–H and O–H groups in total. The smallest absolute Gasteiger partial charge is 0.174 e. The second-order valence-electron chi connectivity index (χ2n) is 8.36. The molecule has 0 atom stereocenters. The van der Waals surface area contributed by atoms with Crippen molar-refractivity contribution in [2.75, 3.05) is 5.32 Å². The van der Waals surface area contributed by atoms with Crippen molar-refractivity contribution in [3.8, 4) is 22.9 Å². The SMILES string of the molecule is CC(C)(O)c1ccc(Nc2cc(Oc3cn(C4CC4)nc3-c3ccccn3)ccn2)cn1. The van der Waals surface area contributed by atoms with Gasteiger partial charge in [0, 0.05) is 18.5 Å². The lowest BCUT2D eigenvalue weighted by atomic mass is 10.1. The minimum atomic E-state index is -0.985. The van der Waals surface area contributed by atoms with Gasteiger partial charge in [0.1, 0.15) is 17.2 Å². The van der Waals surface area contributed by atoms with Crippen molar-refractivity contribution in [2.45, 2.75) is 38.3 Å². The molecule has 1 aliphatic carbocycles.